The van der Waals surface area contributed by atoms with Gasteiger partial charge in [0.15, 0.2) is 0 Å². The van der Waals surface area contributed by atoms with Crippen LogP contribution in [-0.2, 0) is 9.47 Å². The third-order valence-electron chi connectivity index (χ3n) is 2.23. The largest absolute Gasteiger partial charge is 0.380 e. The van der Waals surface area contributed by atoms with Gasteiger partial charge in [-0.2, -0.15) is 0 Å². The summed E-state index contributed by atoms with van der Waals surface area (Å²) in [6.45, 7) is 10.0. The van der Waals surface area contributed by atoms with Crippen molar-refractivity contribution in [1.82, 2.24) is 5.32 Å². The summed E-state index contributed by atoms with van der Waals surface area (Å²) < 4.78 is 11.0. The zero-order valence-corrected chi connectivity index (χ0v) is 10.2. The summed E-state index contributed by atoms with van der Waals surface area (Å²) in [5.41, 5.74) is 0. The van der Waals surface area contributed by atoms with Crippen molar-refractivity contribution in [2.75, 3.05) is 20.3 Å². The summed E-state index contributed by atoms with van der Waals surface area (Å²) in [4.78, 5) is 0. The molecule has 86 valence electrons. The first-order chi connectivity index (χ1) is 6.65. The molecule has 1 N–H and O–H groups in total. The van der Waals surface area contributed by atoms with Crippen LogP contribution >= 0.6 is 0 Å². The summed E-state index contributed by atoms with van der Waals surface area (Å²) in [6, 6.07) is 0.303. The number of ether oxygens (including phenoxy) is 2. The molecule has 0 aromatic carbocycles. The van der Waals surface area contributed by atoms with Crippen molar-refractivity contribution in [1.29, 1.82) is 0 Å². The molecule has 0 rings (SSSR count). The molecule has 0 aromatic heterocycles. The number of nitrogens with one attached hydrogen (secondary N) is 1. The molecule has 0 fully saturated rings. The lowest BCUT2D eigenvalue weighted by atomic mass is 10.1. The Morgan fingerprint density at radius 3 is 2.21 bits per heavy atom. The maximum absolute atomic E-state index is 5.60. The lowest BCUT2D eigenvalue weighted by molar-refractivity contribution is 0.00104. The second-order valence-electron chi connectivity index (χ2n) is 3.73. The number of hydrogen-bond donors (Lipinski definition) is 1. The van der Waals surface area contributed by atoms with Crippen molar-refractivity contribution in [2.24, 2.45) is 0 Å². The van der Waals surface area contributed by atoms with Gasteiger partial charge in [-0.1, -0.05) is 13.8 Å². The van der Waals surface area contributed by atoms with Gasteiger partial charge >= 0.3 is 0 Å². The van der Waals surface area contributed by atoms with Crippen molar-refractivity contribution < 1.29 is 9.47 Å². The average Bonchev–Trinajstić information content (AvgIpc) is 2.15. The molecule has 0 spiro atoms. The molecule has 3 heteroatoms. The van der Waals surface area contributed by atoms with Crippen LogP contribution in [0.4, 0.5) is 0 Å². The Morgan fingerprint density at radius 2 is 1.86 bits per heavy atom. The van der Waals surface area contributed by atoms with Gasteiger partial charge in [-0.05, 0) is 26.8 Å². The molecule has 0 heterocycles. The van der Waals surface area contributed by atoms with Crippen molar-refractivity contribution >= 4 is 0 Å². The molecule has 14 heavy (non-hydrogen) atoms. The van der Waals surface area contributed by atoms with E-state index < -0.39 is 0 Å². The Balaban J connectivity index is 3.98. The number of methoxy groups -OCH3 is 1. The van der Waals surface area contributed by atoms with Crippen LogP contribution in [0.1, 0.15) is 34.1 Å². The van der Waals surface area contributed by atoms with E-state index >= 15 is 0 Å². The number of rotatable bonds is 8. The second-order valence-corrected chi connectivity index (χ2v) is 3.73. The van der Waals surface area contributed by atoms with Gasteiger partial charge in [0.2, 0.25) is 0 Å². The lowest BCUT2D eigenvalue weighted by Crippen LogP contribution is -2.44. The fraction of sp³-hybridized carbons (Fsp3) is 1.00. The highest BCUT2D eigenvalue weighted by molar-refractivity contribution is 4.75. The summed E-state index contributed by atoms with van der Waals surface area (Å²) in [6.07, 6.45) is 1.54. The first-order valence-electron chi connectivity index (χ1n) is 5.53. The lowest BCUT2D eigenvalue weighted by Gasteiger charge is -2.26. The molecular weight excluding hydrogens is 178 g/mol. The van der Waals surface area contributed by atoms with E-state index in [1.165, 1.54) is 0 Å². The van der Waals surface area contributed by atoms with Gasteiger partial charge in [0, 0.05) is 7.11 Å². The van der Waals surface area contributed by atoms with E-state index in [9.17, 15) is 0 Å². The fourth-order valence-electron chi connectivity index (χ4n) is 1.47. The fourth-order valence-corrected chi connectivity index (χ4v) is 1.47. The quantitative estimate of drug-likeness (QED) is 0.652. The van der Waals surface area contributed by atoms with Crippen molar-refractivity contribution in [2.45, 2.75) is 52.4 Å². The maximum atomic E-state index is 5.60. The van der Waals surface area contributed by atoms with Crippen LogP contribution in [-0.4, -0.2) is 38.5 Å². The molecule has 0 aliphatic rings. The monoisotopic (exact) mass is 203 g/mol. The van der Waals surface area contributed by atoms with E-state index in [0.717, 1.165) is 19.6 Å². The van der Waals surface area contributed by atoms with Gasteiger partial charge in [-0.15, -0.1) is 0 Å². The van der Waals surface area contributed by atoms with Crippen LogP contribution in [0.5, 0.6) is 0 Å². The third-order valence-corrected chi connectivity index (χ3v) is 2.23. The third kappa shape index (κ3) is 5.58. The van der Waals surface area contributed by atoms with Crippen LogP contribution in [0.3, 0.4) is 0 Å². The number of hydrogen-bond acceptors (Lipinski definition) is 3. The minimum absolute atomic E-state index is 0.244. The molecule has 0 saturated carbocycles. The van der Waals surface area contributed by atoms with Crippen molar-refractivity contribution in [3.05, 3.63) is 0 Å². The minimum atomic E-state index is 0.244. The Morgan fingerprint density at radius 1 is 1.21 bits per heavy atom. The Bertz CT molecular complexity index is 124. The van der Waals surface area contributed by atoms with Crippen molar-refractivity contribution in [3.63, 3.8) is 0 Å². The SMILES string of the molecule is CCNC(COC(C)C)C(CC)OC. The normalized spacial score (nSPS) is 15.9. The Hall–Kier alpha value is -0.120. The molecule has 0 amide bonds. The van der Waals surface area contributed by atoms with Crippen LogP contribution in [0.2, 0.25) is 0 Å². The maximum Gasteiger partial charge on any atom is 0.0744 e. The molecule has 0 aliphatic heterocycles. The standard InChI is InChI=1S/C11H25NO2/c1-6-11(13-5)10(12-7-2)8-14-9(3)4/h9-12H,6-8H2,1-5H3. The molecule has 0 saturated heterocycles. The highest BCUT2D eigenvalue weighted by Gasteiger charge is 2.18. The molecule has 0 bridgehead atoms. The first kappa shape index (κ1) is 13.9. The predicted molar refractivity (Wildman–Crippen MR) is 59.6 cm³/mol. The first-order valence-corrected chi connectivity index (χ1v) is 5.53. The molecular formula is C11H25NO2. The molecule has 0 radical (unpaired) electrons. The van der Waals surface area contributed by atoms with Crippen LogP contribution in [0.25, 0.3) is 0 Å². The van der Waals surface area contributed by atoms with Crippen LogP contribution in [0, 0.1) is 0 Å². The van der Waals surface area contributed by atoms with Gasteiger partial charge in [-0.3, -0.25) is 0 Å². The molecule has 2 atom stereocenters. The summed E-state index contributed by atoms with van der Waals surface area (Å²) in [5.74, 6) is 0. The van der Waals surface area contributed by atoms with Gasteiger partial charge in [0.1, 0.15) is 0 Å². The average molecular weight is 203 g/mol. The van der Waals surface area contributed by atoms with E-state index in [4.69, 9.17) is 9.47 Å². The van der Waals surface area contributed by atoms with E-state index in [1.807, 2.05) is 0 Å². The molecule has 0 aromatic rings. The zero-order valence-electron chi connectivity index (χ0n) is 10.2. The van der Waals surface area contributed by atoms with Crippen LogP contribution < -0.4 is 5.32 Å². The van der Waals surface area contributed by atoms with E-state index in [0.29, 0.717) is 6.04 Å². The second kappa shape index (κ2) is 8.21. The van der Waals surface area contributed by atoms with Gasteiger partial charge in [-0.25, -0.2) is 0 Å². The topological polar surface area (TPSA) is 30.5 Å². The van der Waals surface area contributed by atoms with Gasteiger partial charge in [0.25, 0.3) is 0 Å². The minimum Gasteiger partial charge on any atom is -0.380 e. The zero-order chi connectivity index (χ0) is 11.0. The van der Waals surface area contributed by atoms with E-state index in [-0.39, 0.29) is 12.2 Å². The van der Waals surface area contributed by atoms with Gasteiger partial charge in [0.05, 0.1) is 24.9 Å². The summed E-state index contributed by atoms with van der Waals surface area (Å²) in [7, 11) is 1.76. The van der Waals surface area contributed by atoms with Crippen LogP contribution in [0.15, 0.2) is 0 Å². The number of likely N-dealkylation sites (N-methyl/N-ethyl adjacent to an activating group) is 1. The highest BCUT2D eigenvalue weighted by Crippen LogP contribution is 2.05. The smallest absolute Gasteiger partial charge is 0.0744 e. The van der Waals surface area contributed by atoms with E-state index in [2.05, 4.69) is 33.0 Å². The Labute approximate surface area is 88.2 Å². The summed E-state index contributed by atoms with van der Waals surface area (Å²) in [5, 5.41) is 3.39. The summed E-state index contributed by atoms with van der Waals surface area (Å²) >= 11 is 0. The molecule has 2 unspecified atom stereocenters. The predicted octanol–water partition coefficient (Wildman–Crippen LogP) is 1.81. The molecule has 0 aliphatic carbocycles. The molecule has 3 nitrogen and oxygen atoms in total. The van der Waals surface area contributed by atoms with Crippen molar-refractivity contribution in [3.8, 4) is 0 Å². The van der Waals surface area contributed by atoms with Gasteiger partial charge < -0.3 is 14.8 Å². The highest BCUT2D eigenvalue weighted by atomic mass is 16.5. The Kier molecular flexibility index (Phi) is 8.14. The van der Waals surface area contributed by atoms with E-state index in [1.54, 1.807) is 7.11 Å².